The first-order valence-electron chi connectivity index (χ1n) is 6.56. The van der Waals surface area contributed by atoms with Crippen LogP contribution in [-0.4, -0.2) is 19.1 Å². The van der Waals surface area contributed by atoms with Crippen LogP contribution in [0.3, 0.4) is 0 Å². The number of esters is 1. The summed E-state index contributed by atoms with van der Waals surface area (Å²) in [4.78, 5) is 12.3. The molecule has 0 saturated heterocycles. The third kappa shape index (κ3) is 3.67. The molecule has 0 fully saturated rings. The first-order chi connectivity index (χ1) is 8.93. The van der Waals surface area contributed by atoms with Crippen molar-refractivity contribution in [2.24, 2.45) is 0 Å². The van der Waals surface area contributed by atoms with Crippen LogP contribution in [-0.2, 0) is 15.1 Å². The summed E-state index contributed by atoms with van der Waals surface area (Å²) in [6.07, 6.45) is 1.74. The van der Waals surface area contributed by atoms with Gasteiger partial charge in [0.15, 0.2) is 0 Å². The Hall–Kier alpha value is -1.61. The Morgan fingerprint density at radius 3 is 2.42 bits per heavy atom. The summed E-state index contributed by atoms with van der Waals surface area (Å²) < 4.78 is 5.20. The second-order valence-electron chi connectivity index (χ2n) is 4.89. The second-order valence-corrected chi connectivity index (χ2v) is 4.89. The molecule has 0 aromatic heterocycles. The van der Waals surface area contributed by atoms with Crippen LogP contribution >= 0.6 is 0 Å². The zero-order valence-electron chi connectivity index (χ0n) is 12.2. The molecule has 104 valence electrons. The molecule has 0 saturated carbocycles. The lowest BCUT2D eigenvalue weighted by Gasteiger charge is -2.29. The topological polar surface area (TPSA) is 38.3 Å². The Kier molecular flexibility index (Phi) is 5.31. The van der Waals surface area contributed by atoms with Gasteiger partial charge in [-0.3, -0.25) is 5.32 Å². The summed E-state index contributed by atoms with van der Waals surface area (Å²) >= 11 is 0. The Bertz CT molecular complexity index is 448. The molecule has 0 bridgehead atoms. The molecule has 1 aromatic rings. The predicted molar refractivity (Wildman–Crippen MR) is 78.1 cm³/mol. The van der Waals surface area contributed by atoms with Crippen molar-refractivity contribution < 1.29 is 9.53 Å². The van der Waals surface area contributed by atoms with Gasteiger partial charge < -0.3 is 4.74 Å². The summed E-state index contributed by atoms with van der Waals surface area (Å²) in [6.45, 7) is 12.3. The lowest BCUT2D eigenvalue weighted by Crippen LogP contribution is -2.47. The highest BCUT2D eigenvalue weighted by Gasteiger charge is 2.36. The molecule has 0 aliphatic carbocycles. The van der Waals surface area contributed by atoms with E-state index in [0.29, 0.717) is 13.2 Å². The molecule has 0 radical (unpaired) electrons. The molecule has 3 heteroatoms. The highest BCUT2D eigenvalue weighted by atomic mass is 16.5. The summed E-state index contributed by atoms with van der Waals surface area (Å²) in [5.41, 5.74) is 2.34. The van der Waals surface area contributed by atoms with Crippen molar-refractivity contribution in [2.75, 3.05) is 13.2 Å². The fourth-order valence-corrected chi connectivity index (χ4v) is 2.11. The van der Waals surface area contributed by atoms with E-state index in [4.69, 9.17) is 4.74 Å². The van der Waals surface area contributed by atoms with Crippen molar-refractivity contribution in [1.29, 1.82) is 0 Å². The minimum absolute atomic E-state index is 0.262. The highest BCUT2D eigenvalue weighted by molar-refractivity contribution is 5.82. The molecule has 0 spiro atoms. The van der Waals surface area contributed by atoms with E-state index in [9.17, 15) is 4.79 Å². The van der Waals surface area contributed by atoms with Crippen molar-refractivity contribution >= 4 is 5.97 Å². The first-order valence-corrected chi connectivity index (χ1v) is 6.56. The van der Waals surface area contributed by atoms with Crippen molar-refractivity contribution in [3.8, 4) is 0 Å². The lowest BCUT2D eigenvalue weighted by atomic mass is 9.89. The molecule has 1 unspecified atom stereocenters. The quantitative estimate of drug-likeness (QED) is 0.632. The molecule has 0 amide bonds. The molecule has 0 aliphatic heterocycles. The number of aryl methyl sites for hydroxylation is 2. The number of nitrogens with one attached hydrogen (secondary N) is 1. The second kappa shape index (κ2) is 6.53. The summed E-state index contributed by atoms with van der Waals surface area (Å²) in [5.74, 6) is -0.262. The third-order valence-corrected chi connectivity index (χ3v) is 3.08. The molecule has 1 atom stereocenters. The van der Waals surface area contributed by atoms with Crippen LogP contribution < -0.4 is 5.32 Å². The molecule has 3 nitrogen and oxygen atoms in total. The van der Waals surface area contributed by atoms with E-state index >= 15 is 0 Å². The highest BCUT2D eigenvalue weighted by Crippen LogP contribution is 2.25. The average molecular weight is 261 g/mol. The van der Waals surface area contributed by atoms with E-state index in [2.05, 4.69) is 18.0 Å². The summed E-state index contributed by atoms with van der Waals surface area (Å²) in [5, 5.41) is 3.21. The molecule has 1 N–H and O–H groups in total. The van der Waals surface area contributed by atoms with Crippen molar-refractivity contribution in [2.45, 2.75) is 33.2 Å². The molecule has 1 aromatic carbocycles. The van der Waals surface area contributed by atoms with E-state index in [1.165, 1.54) is 0 Å². The standard InChI is InChI=1S/C16H23NO2/c1-6-8-17-16(5,15(18)19-7-2)14-10-12(3)9-13(4)11-14/h6,9-11,17H,1,7-8H2,2-5H3. The first kappa shape index (κ1) is 15.4. The molecule has 1 rings (SSSR count). The fraction of sp³-hybridized carbons (Fsp3) is 0.438. The van der Waals surface area contributed by atoms with Gasteiger partial charge in [0.2, 0.25) is 0 Å². The van der Waals surface area contributed by atoms with Crippen LogP contribution in [0, 0.1) is 13.8 Å². The van der Waals surface area contributed by atoms with Crippen LogP contribution in [0.2, 0.25) is 0 Å². The summed E-state index contributed by atoms with van der Waals surface area (Å²) in [6, 6.07) is 6.11. The Balaban J connectivity index is 3.21. The number of hydrogen-bond donors (Lipinski definition) is 1. The maximum absolute atomic E-state index is 12.3. The van der Waals surface area contributed by atoms with Crippen molar-refractivity contribution in [1.82, 2.24) is 5.32 Å². The smallest absolute Gasteiger partial charge is 0.330 e. The number of ether oxygens (including phenoxy) is 1. The van der Waals surface area contributed by atoms with E-state index in [1.54, 1.807) is 6.08 Å². The fourth-order valence-electron chi connectivity index (χ4n) is 2.11. The van der Waals surface area contributed by atoms with Gasteiger partial charge in [-0.25, -0.2) is 4.79 Å². The maximum Gasteiger partial charge on any atom is 0.330 e. The van der Waals surface area contributed by atoms with Gasteiger partial charge in [-0.05, 0) is 33.3 Å². The molecular formula is C16H23NO2. The molecule has 0 heterocycles. The van der Waals surface area contributed by atoms with E-state index in [0.717, 1.165) is 16.7 Å². The Morgan fingerprint density at radius 2 is 1.95 bits per heavy atom. The number of carbonyl (C=O) groups is 1. The SMILES string of the molecule is C=CCNC(C)(C(=O)OCC)c1cc(C)cc(C)c1. The van der Waals surface area contributed by atoms with Gasteiger partial charge in [-0.15, -0.1) is 6.58 Å². The monoisotopic (exact) mass is 261 g/mol. The van der Waals surface area contributed by atoms with Crippen LogP contribution in [0.4, 0.5) is 0 Å². The van der Waals surface area contributed by atoms with Gasteiger partial charge in [0.1, 0.15) is 5.54 Å². The van der Waals surface area contributed by atoms with E-state index in [1.807, 2.05) is 39.8 Å². The van der Waals surface area contributed by atoms with Gasteiger partial charge >= 0.3 is 5.97 Å². The van der Waals surface area contributed by atoms with Crippen molar-refractivity contribution in [3.05, 3.63) is 47.5 Å². The zero-order chi connectivity index (χ0) is 14.5. The Labute approximate surface area is 115 Å². The summed E-state index contributed by atoms with van der Waals surface area (Å²) in [7, 11) is 0. The third-order valence-electron chi connectivity index (χ3n) is 3.08. The van der Waals surface area contributed by atoms with Gasteiger partial charge in [-0.1, -0.05) is 35.4 Å². The van der Waals surface area contributed by atoms with Crippen molar-refractivity contribution in [3.63, 3.8) is 0 Å². The normalized spacial score (nSPS) is 13.7. The van der Waals surface area contributed by atoms with Gasteiger partial charge in [0.25, 0.3) is 0 Å². The maximum atomic E-state index is 12.3. The predicted octanol–water partition coefficient (Wildman–Crippen LogP) is 2.86. The van der Waals surface area contributed by atoms with Crippen LogP contribution in [0.15, 0.2) is 30.9 Å². The van der Waals surface area contributed by atoms with E-state index < -0.39 is 5.54 Å². The minimum atomic E-state index is -0.846. The Morgan fingerprint density at radius 1 is 1.37 bits per heavy atom. The average Bonchev–Trinajstić information content (AvgIpc) is 2.35. The van der Waals surface area contributed by atoms with Crippen LogP contribution in [0.5, 0.6) is 0 Å². The van der Waals surface area contributed by atoms with Gasteiger partial charge in [0, 0.05) is 6.54 Å². The molecular weight excluding hydrogens is 238 g/mol. The molecule has 19 heavy (non-hydrogen) atoms. The van der Waals surface area contributed by atoms with Crippen LogP contribution in [0.1, 0.15) is 30.5 Å². The number of hydrogen-bond acceptors (Lipinski definition) is 3. The number of rotatable bonds is 6. The minimum Gasteiger partial charge on any atom is -0.464 e. The van der Waals surface area contributed by atoms with Crippen LogP contribution in [0.25, 0.3) is 0 Å². The number of carbonyl (C=O) groups excluding carboxylic acids is 1. The van der Waals surface area contributed by atoms with Gasteiger partial charge in [-0.2, -0.15) is 0 Å². The zero-order valence-corrected chi connectivity index (χ0v) is 12.2. The number of benzene rings is 1. The van der Waals surface area contributed by atoms with Gasteiger partial charge in [0.05, 0.1) is 6.61 Å². The molecule has 0 aliphatic rings. The largest absolute Gasteiger partial charge is 0.464 e. The lowest BCUT2D eigenvalue weighted by molar-refractivity contribution is -0.150. The van der Waals surface area contributed by atoms with E-state index in [-0.39, 0.29) is 5.97 Å².